The van der Waals surface area contributed by atoms with E-state index in [1.165, 1.54) is 4.90 Å². The maximum absolute atomic E-state index is 13.9. The van der Waals surface area contributed by atoms with Gasteiger partial charge in [-0.25, -0.2) is 4.39 Å². The van der Waals surface area contributed by atoms with Crippen LogP contribution < -0.4 is 14.5 Å². The van der Waals surface area contributed by atoms with Crippen molar-refractivity contribution in [2.45, 2.75) is 51.4 Å². The van der Waals surface area contributed by atoms with Crippen molar-refractivity contribution in [2.24, 2.45) is 0 Å². The van der Waals surface area contributed by atoms with Crippen LogP contribution >= 0.6 is 11.6 Å². The van der Waals surface area contributed by atoms with E-state index in [0.29, 0.717) is 50.3 Å². The molecule has 4 heterocycles. The summed E-state index contributed by atoms with van der Waals surface area (Å²) < 4.78 is 26.1. The Labute approximate surface area is 273 Å². The molecule has 3 aliphatic rings. The van der Waals surface area contributed by atoms with Gasteiger partial charge in [-0.3, -0.25) is 9.69 Å². The van der Waals surface area contributed by atoms with Crippen molar-refractivity contribution in [2.75, 3.05) is 62.3 Å². The number of rotatable bonds is 8. The van der Waals surface area contributed by atoms with E-state index >= 15 is 0 Å². The van der Waals surface area contributed by atoms with E-state index in [9.17, 15) is 14.4 Å². The number of hydrogen-bond donors (Lipinski definition) is 0. The highest BCUT2D eigenvalue weighted by molar-refractivity contribution is 6.36. The molecule has 0 N–H and O–H groups in total. The molecule has 3 aliphatic heterocycles. The van der Waals surface area contributed by atoms with Crippen LogP contribution in [0.4, 0.5) is 15.9 Å². The summed E-state index contributed by atoms with van der Waals surface area (Å²) in [6.45, 7) is 12.3. The second kappa shape index (κ2) is 13.8. The number of hydrogen-bond acceptors (Lipinski definition) is 9. The van der Waals surface area contributed by atoms with Crippen LogP contribution in [0.1, 0.15) is 31.5 Å². The van der Waals surface area contributed by atoms with Gasteiger partial charge < -0.3 is 24.2 Å². The number of benzene rings is 2. The first-order valence-electron chi connectivity index (χ1n) is 15.8. The molecular formula is C34H39ClFN7O3. The Morgan fingerprint density at radius 2 is 1.96 bits per heavy atom. The maximum atomic E-state index is 13.9. The molecule has 1 unspecified atom stereocenters. The fourth-order valence-corrected chi connectivity index (χ4v) is 6.97. The molecule has 3 aromatic rings. The predicted octanol–water partition coefficient (Wildman–Crippen LogP) is 4.75. The minimum atomic E-state index is -1.03. The zero-order valence-corrected chi connectivity index (χ0v) is 27.0. The van der Waals surface area contributed by atoms with Crippen LogP contribution in [0.15, 0.2) is 48.8 Å². The summed E-state index contributed by atoms with van der Waals surface area (Å²) in [4.78, 5) is 30.5. The van der Waals surface area contributed by atoms with Crippen molar-refractivity contribution in [3.8, 4) is 12.1 Å². The number of nitrogens with zero attached hydrogens (tertiary/aromatic N) is 7. The predicted molar refractivity (Wildman–Crippen MR) is 176 cm³/mol. The van der Waals surface area contributed by atoms with E-state index < -0.39 is 17.8 Å². The van der Waals surface area contributed by atoms with Gasteiger partial charge in [0.2, 0.25) is 0 Å². The normalized spacial score (nSPS) is 20.5. The second-order valence-electron chi connectivity index (χ2n) is 12.3. The number of nitriles is 1. The molecule has 0 radical (unpaired) electrons. The molecule has 2 saturated heterocycles. The summed E-state index contributed by atoms with van der Waals surface area (Å²) in [6.07, 6.45) is 0.620. The van der Waals surface area contributed by atoms with E-state index in [-0.39, 0.29) is 25.1 Å². The van der Waals surface area contributed by atoms with Gasteiger partial charge in [0.05, 0.1) is 42.4 Å². The monoisotopic (exact) mass is 647 g/mol. The minimum Gasteiger partial charge on any atom is -0.461 e. The summed E-state index contributed by atoms with van der Waals surface area (Å²) in [6, 6.07) is 14.4. The lowest BCUT2D eigenvalue weighted by Crippen LogP contribution is -2.55. The lowest BCUT2D eigenvalue weighted by Gasteiger charge is -2.42. The molecule has 10 nitrogen and oxygen atoms in total. The molecular weight excluding hydrogens is 609 g/mol. The highest BCUT2D eigenvalue weighted by atomic mass is 35.5. The molecule has 2 atom stereocenters. The Morgan fingerprint density at radius 3 is 2.72 bits per heavy atom. The highest BCUT2D eigenvalue weighted by Crippen LogP contribution is 2.37. The highest BCUT2D eigenvalue weighted by Gasteiger charge is 2.35. The van der Waals surface area contributed by atoms with Crippen molar-refractivity contribution in [1.82, 2.24) is 19.8 Å². The van der Waals surface area contributed by atoms with Crippen LogP contribution in [0.2, 0.25) is 5.02 Å². The molecule has 1 amide bonds. The third-order valence-corrected chi connectivity index (χ3v) is 9.41. The number of halogens is 2. The Bertz CT molecular complexity index is 1660. The Kier molecular flexibility index (Phi) is 9.59. The van der Waals surface area contributed by atoms with E-state index in [0.717, 1.165) is 53.2 Å². The maximum Gasteiger partial charge on any atom is 0.318 e. The summed E-state index contributed by atoms with van der Waals surface area (Å²) in [5.74, 6) is -1.08. The van der Waals surface area contributed by atoms with Crippen molar-refractivity contribution in [3.63, 3.8) is 0 Å². The lowest BCUT2D eigenvalue weighted by atomic mass is 10.0. The van der Waals surface area contributed by atoms with Crippen molar-refractivity contribution in [1.29, 1.82) is 5.26 Å². The van der Waals surface area contributed by atoms with Crippen molar-refractivity contribution in [3.05, 3.63) is 65.1 Å². The van der Waals surface area contributed by atoms with E-state index in [2.05, 4.69) is 59.4 Å². The summed E-state index contributed by atoms with van der Waals surface area (Å²) in [5.41, 5.74) is 2.88. The van der Waals surface area contributed by atoms with Crippen LogP contribution in [-0.4, -0.2) is 96.3 Å². The third-order valence-electron chi connectivity index (χ3n) is 9.10. The van der Waals surface area contributed by atoms with Gasteiger partial charge in [0.1, 0.15) is 18.5 Å². The third kappa shape index (κ3) is 6.61. The fourth-order valence-electron chi connectivity index (χ4n) is 6.69. The molecule has 1 aromatic heterocycles. The molecule has 12 heteroatoms. The first kappa shape index (κ1) is 32.0. The van der Waals surface area contributed by atoms with E-state index in [1.807, 2.05) is 18.2 Å². The first-order chi connectivity index (χ1) is 22.2. The zero-order chi connectivity index (χ0) is 32.4. The van der Waals surface area contributed by atoms with Gasteiger partial charge in [0.15, 0.2) is 5.83 Å². The van der Waals surface area contributed by atoms with Crippen LogP contribution in [0.3, 0.4) is 0 Å². The number of carbonyl (C=O) groups excluding carboxylic acids is 1. The largest absolute Gasteiger partial charge is 0.461 e. The first-order valence-corrected chi connectivity index (χ1v) is 16.2. The van der Waals surface area contributed by atoms with Crippen molar-refractivity contribution < 1.29 is 18.7 Å². The molecule has 0 aliphatic carbocycles. The molecule has 0 spiro atoms. The quantitative estimate of drug-likeness (QED) is 0.321. The van der Waals surface area contributed by atoms with Crippen LogP contribution in [-0.2, 0) is 22.5 Å². The smallest absolute Gasteiger partial charge is 0.318 e. The summed E-state index contributed by atoms with van der Waals surface area (Å²) in [5, 5.41) is 12.3. The summed E-state index contributed by atoms with van der Waals surface area (Å²) in [7, 11) is 0. The molecule has 2 fully saturated rings. The van der Waals surface area contributed by atoms with Gasteiger partial charge in [0.25, 0.3) is 5.91 Å². The van der Waals surface area contributed by atoms with E-state index in [4.69, 9.17) is 31.0 Å². The fraction of sp³-hybridized carbons (Fsp3) is 0.471. The van der Waals surface area contributed by atoms with Gasteiger partial charge in [-0.15, -0.1) is 0 Å². The molecule has 0 saturated carbocycles. The minimum absolute atomic E-state index is 0.0626. The second-order valence-corrected chi connectivity index (χ2v) is 12.7. The number of fused-ring (bicyclic) bond motifs is 2. The average Bonchev–Trinajstić information content (AvgIpc) is 3.06. The van der Waals surface area contributed by atoms with Gasteiger partial charge >= 0.3 is 6.01 Å². The van der Waals surface area contributed by atoms with Gasteiger partial charge in [-0.2, -0.15) is 15.2 Å². The van der Waals surface area contributed by atoms with Crippen LogP contribution in [0, 0.1) is 11.3 Å². The van der Waals surface area contributed by atoms with Gasteiger partial charge in [-0.05, 0) is 37.8 Å². The number of aromatic nitrogens is 2. The van der Waals surface area contributed by atoms with Crippen LogP contribution in [0.5, 0.6) is 6.01 Å². The molecule has 2 aromatic carbocycles. The number of amides is 1. The number of piperazine rings is 1. The Morgan fingerprint density at radius 1 is 1.15 bits per heavy atom. The molecule has 46 heavy (non-hydrogen) atoms. The van der Waals surface area contributed by atoms with Crippen molar-refractivity contribution >= 4 is 39.8 Å². The topological polar surface area (TPSA) is 98.1 Å². The van der Waals surface area contributed by atoms with Crippen LogP contribution in [0.25, 0.3) is 10.8 Å². The van der Waals surface area contributed by atoms with Gasteiger partial charge in [0, 0.05) is 61.9 Å². The average molecular weight is 648 g/mol. The summed E-state index contributed by atoms with van der Waals surface area (Å²) >= 11 is 6.70. The molecule has 6 rings (SSSR count). The number of carbonyl (C=O) groups is 1. The SMILES string of the molecule is C=C(F)C(=O)N1CCN(c2nc(OCC3CN(C(C)C)CCO3)nc3c2CCN(c2cccc4cccc(Cl)c24)C3)C[C@@H]1CC#N. The number of anilines is 2. The standard InChI is InChI=1S/C34H39ClFN7O3/c1-22(2)40-16-17-45-26(19-40)21-46-34-38-29-20-41(30-9-5-7-24-6-4-8-28(35)31(24)30)13-11-27(29)32(39-34)42-14-15-43(33(44)23(3)36)25(18-42)10-12-37/h4-9,22,25-26H,3,10-11,13-21H2,1-2H3/t25-,26?/m0/s1. The van der Waals surface area contributed by atoms with E-state index in [1.54, 1.807) is 0 Å². The Balaban J connectivity index is 1.32. The Hall–Kier alpha value is -3.98. The van der Waals surface area contributed by atoms with Gasteiger partial charge in [-0.1, -0.05) is 42.4 Å². The number of ether oxygens (including phenoxy) is 2. The molecule has 242 valence electrons. The molecule has 0 bridgehead atoms. The lowest BCUT2D eigenvalue weighted by molar-refractivity contribution is -0.131. The zero-order valence-electron chi connectivity index (χ0n) is 26.3. The number of morpholine rings is 1.